The van der Waals surface area contributed by atoms with Gasteiger partial charge >= 0.3 is 5.97 Å². The van der Waals surface area contributed by atoms with E-state index in [-0.39, 0.29) is 18.2 Å². The van der Waals surface area contributed by atoms with Gasteiger partial charge in [-0.25, -0.2) is 9.79 Å². The number of nitrogens with zero attached hydrogens (tertiary/aromatic N) is 1. The van der Waals surface area contributed by atoms with Gasteiger partial charge in [0.05, 0.1) is 7.11 Å². The van der Waals surface area contributed by atoms with Crippen molar-refractivity contribution in [2.75, 3.05) is 13.7 Å². The van der Waals surface area contributed by atoms with Crippen molar-refractivity contribution < 1.29 is 19.0 Å². The van der Waals surface area contributed by atoms with Crippen LogP contribution in [0.5, 0.6) is 11.5 Å². The molecule has 134 valence electrons. The first-order valence-corrected chi connectivity index (χ1v) is 8.19. The molecule has 5 nitrogen and oxygen atoms in total. The molecular formula is C22H17NO4. The molecule has 0 bridgehead atoms. The fraction of sp³-hybridized carbons (Fsp3) is 0.0909. The Balaban J connectivity index is 1.80. The standard InChI is InChI=1S/C22H17NO4/c1-3-13-26-19-11-9-17(15-20(19)25-2)14-18-22(24)27-21(23-18)12-10-16-7-5-4-6-8-16/h1,4-12,14-15H,13H2,2H3. The summed E-state index contributed by atoms with van der Waals surface area (Å²) < 4.78 is 15.9. The van der Waals surface area contributed by atoms with Gasteiger partial charge in [0.2, 0.25) is 5.90 Å². The highest BCUT2D eigenvalue weighted by Gasteiger charge is 2.21. The minimum absolute atomic E-state index is 0.143. The van der Waals surface area contributed by atoms with Crippen molar-refractivity contribution in [3.05, 3.63) is 71.4 Å². The minimum atomic E-state index is -0.505. The van der Waals surface area contributed by atoms with Crippen molar-refractivity contribution in [2.45, 2.75) is 0 Å². The molecule has 0 fully saturated rings. The zero-order valence-electron chi connectivity index (χ0n) is 14.7. The smallest absolute Gasteiger partial charge is 0.363 e. The lowest BCUT2D eigenvalue weighted by atomic mass is 10.1. The van der Waals surface area contributed by atoms with Crippen LogP contribution in [0.4, 0.5) is 0 Å². The maximum atomic E-state index is 12.0. The number of terminal acetylenes is 1. The second-order valence-corrected chi connectivity index (χ2v) is 5.52. The molecular weight excluding hydrogens is 342 g/mol. The Morgan fingerprint density at radius 1 is 1.11 bits per heavy atom. The molecule has 5 heteroatoms. The monoisotopic (exact) mass is 359 g/mol. The van der Waals surface area contributed by atoms with Crippen molar-refractivity contribution in [2.24, 2.45) is 4.99 Å². The number of cyclic esters (lactones) is 1. The highest BCUT2D eigenvalue weighted by molar-refractivity contribution is 6.11. The van der Waals surface area contributed by atoms with Crippen LogP contribution in [0.2, 0.25) is 0 Å². The molecule has 1 aliphatic rings. The van der Waals surface area contributed by atoms with E-state index >= 15 is 0 Å². The van der Waals surface area contributed by atoms with Crippen LogP contribution in [0, 0.1) is 12.3 Å². The van der Waals surface area contributed by atoms with Gasteiger partial charge in [0.25, 0.3) is 0 Å². The van der Waals surface area contributed by atoms with E-state index in [1.165, 1.54) is 7.11 Å². The number of hydrogen-bond donors (Lipinski definition) is 0. The van der Waals surface area contributed by atoms with Crippen LogP contribution in [0.15, 0.2) is 65.3 Å². The zero-order valence-corrected chi connectivity index (χ0v) is 14.7. The van der Waals surface area contributed by atoms with Gasteiger partial charge in [-0.1, -0.05) is 42.3 Å². The molecule has 0 aliphatic carbocycles. The molecule has 0 radical (unpaired) electrons. The Morgan fingerprint density at radius 2 is 1.93 bits per heavy atom. The number of carbonyl (C=O) groups is 1. The minimum Gasteiger partial charge on any atom is -0.493 e. The molecule has 0 unspecified atom stereocenters. The number of benzene rings is 2. The number of hydrogen-bond acceptors (Lipinski definition) is 5. The van der Waals surface area contributed by atoms with Crippen LogP contribution in [0.3, 0.4) is 0 Å². The average Bonchev–Trinajstić information content (AvgIpc) is 3.05. The van der Waals surface area contributed by atoms with E-state index in [4.69, 9.17) is 20.6 Å². The number of ether oxygens (including phenoxy) is 3. The highest BCUT2D eigenvalue weighted by Crippen LogP contribution is 2.29. The van der Waals surface area contributed by atoms with Crippen molar-refractivity contribution in [1.29, 1.82) is 0 Å². The predicted octanol–water partition coefficient (Wildman–Crippen LogP) is 3.72. The molecule has 0 N–H and O–H groups in total. The fourth-order valence-corrected chi connectivity index (χ4v) is 2.40. The third kappa shape index (κ3) is 4.65. The summed E-state index contributed by atoms with van der Waals surface area (Å²) in [6.45, 7) is 0.143. The Hall–Kier alpha value is -3.78. The summed E-state index contributed by atoms with van der Waals surface area (Å²) >= 11 is 0. The van der Waals surface area contributed by atoms with Crippen molar-refractivity contribution in [1.82, 2.24) is 0 Å². The van der Waals surface area contributed by atoms with E-state index in [1.807, 2.05) is 36.4 Å². The van der Waals surface area contributed by atoms with Crippen molar-refractivity contribution in [3.63, 3.8) is 0 Å². The molecule has 0 aromatic heterocycles. The SMILES string of the molecule is C#CCOc1ccc(C=C2N=C(C=Cc3ccccc3)OC2=O)cc1OC. The molecule has 0 spiro atoms. The van der Waals surface area contributed by atoms with Gasteiger partial charge in [0.15, 0.2) is 17.2 Å². The normalized spacial score (nSPS) is 14.7. The third-order valence-electron chi connectivity index (χ3n) is 3.66. The van der Waals surface area contributed by atoms with Gasteiger partial charge in [0, 0.05) is 6.08 Å². The first-order valence-electron chi connectivity index (χ1n) is 8.19. The summed E-state index contributed by atoms with van der Waals surface area (Å²) in [5.74, 6) is 3.18. The van der Waals surface area contributed by atoms with Crippen molar-refractivity contribution in [3.8, 4) is 23.8 Å². The average molecular weight is 359 g/mol. The molecule has 3 rings (SSSR count). The zero-order chi connectivity index (χ0) is 19.1. The Kier molecular flexibility index (Phi) is 5.70. The lowest BCUT2D eigenvalue weighted by Crippen LogP contribution is -2.01. The third-order valence-corrected chi connectivity index (χ3v) is 3.66. The van der Waals surface area contributed by atoms with E-state index in [9.17, 15) is 4.79 Å². The summed E-state index contributed by atoms with van der Waals surface area (Å²) in [5, 5.41) is 0. The van der Waals surface area contributed by atoms with Crippen LogP contribution < -0.4 is 9.47 Å². The summed E-state index contributed by atoms with van der Waals surface area (Å²) in [7, 11) is 1.53. The highest BCUT2D eigenvalue weighted by atomic mass is 16.6. The van der Waals surface area contributed by atoms with Crippen LogP contribution in [0.1, 0.15) is 11.1 Å². The molecule has 27 heavy (non-hydrogen) atoms. The molecule has 2 aromatic rings. The van der Waals surface area contributed by atoms with Crippen LogP contribution in [0.25, 0.3) is 12.2 Å². The maximum absolute atomic E-state index is 12.0. The lowest BCUT2D eigenvalue weighted by Gasteiger charge is -2.09. The molecule has 2 aromatic carbocycles. The molecule has 0 amide bonds. The number of carbonyl (C=O) groups excluding carboxylic acids is 1. The van der Waals surface area contributed by atoms with E-state index in [0.29, 0.717) is 11.5 Å². The molecule has 0 saturated carbocycles. The first-order chi connectivity index (χ1) is 13.2. The lowest BCUT2D eigenvalue weighted by molar-refractivity contribution is -0.129. The van der Waals surface area contributed by atoms with Crippen LogP contribution >= 0.6 is 0 Å². The van der Waals surface area contributed by atoms with Gasteiger partial charge in [-0.3, -0.25) is 0 Å². The quantitative estimate of drug-likeness (QED) is 0.448. The first kappa shape index (κ1) is 18.0. The largest absolute Gasteiger partial charge is 0.493 e. The molecule has 1 aliphatic heterocycles. The number of methoxy groups -OCH3 is 1. The molecule has 0 saturated heterocycles. The van der Waals surface area contributed by atoms with Gasteiger partial charge in [-0.2, -0.15) is 0 Å². The summed E-state index contributed by atoms with van der Waals surface area (Å²) in [6, 6.07) is 14.9. The van der Waals surface area contributed by atoms with E-state index < -0.39 is 5.97 Å². The van der Waals surface area contributed by atoms with E-state index in [2.05, 4.69) is 10.9 Å². The second-order valence-electron chi connectivity index (χ2n) is 5.52. The van der Waals surface area contributed by atoms with Crippen molar-refractivity contribution >= 4 is 24.0 Å². The Bertz CT molecular complexity index is 966. The van der Waals surface area contributed by atoms with Gasteiger partial charge in [-0.05, 0) is 35.4 Å². The van der Waals surface area contributed by atoms with Crippen LogP contribution in [-0.2, 0) is 9.53 Å². The number of aliphatic imine (C=N–C) groups is 1. The van der Waals surface area contributed by atoms with Gasteiger partial charge in [-0.15, -0.1) is 6.42 Å². The maximum Gasteiger partial charge on any atom is 0.363 e. The topological polar surface area (TPSA) is 57.1 Å². The predicted molar refractivity (Wildman–Crippen MR) is 104 cm³/mol. The molecule has 0 atom stereocenters. The van der Waals surface area contributed by atoms with Gasteiger partial charge in [0.1, 0.15) is 6.61 Å². The van der Waals surface area contributed by atoms with Gasteiger partial charge < -0.3 is 14.2 Å². The molecule has 1 heterocycles. The van der Waals surface area contributed by atoms with E-state index in [1.54, 1.807) is 30.4 Å². The van der Waals surface area contributed by atoms with Crippen LogP contribution in [-0.4, -0.2) is 25.6 Å². The number of esters is 1. The number of rotatable bonds is 6. The van der Waals surface area contributed by atoms with E-state index in [0.717, 1.165) is 11.1 Å². The summed E-state index contributed by atoms with van der Waals surface area (Å²) in [4.78, 5) is 16.3. The summed E-state index contributed by atoms with van der Waals surface area (Å²) in [6.07, 6.45) is 10.3. The Labute approximate surface area is 157 Å². The summed E-state index contributed by atoms with van der Waals surface area (Å²) in [5.41, 5.74) is 1.92. The fourth-order valence-electron chi connectivity index (χ4n) is 2.40. The Morgan fingerprint density at radius 3 is 2.67 bits per heavy atom. The second kappa shape index (κ2) is 8.54.